The molecule has 2 rings (SSSR count). The molecule has 0 aromatic heterocycles. The molecule has 0 amide bonds. The number of carbonyl (C=O) groups excluding carboxylic acids is 1. The highest BCUT2D eigenvalue weighted by Crippen LogP contribution is 2.37. The van der Waals surface area contributed by atoms with Gasteiger partial charge in [-0.3, -0.25) is 9.69 Å². The average Bonchev–Trinajstić information content (AvgIpc) is 2.78. The summed E-state index contributed by atoms with van der Waals surface area (Å²) in [5, 5.41) is 0. The molecule has 4 nitrogen and oxygen atoms in total. The summed E-state index contributed by atoms with van der Waals surface area (Å²) < 4.78 is 4.90. The second-order valence-electron chi connectivity index (χ2n) is 6.33. The SMILES string of the molecule is CCC1CCC(C)N1C1CCCC(N)(C(=O)OC)C1. The summed E-state index contributed by atoms with van der Waals surface area (Å²) in [6, 6.07) is 1.73. The van der Waals surface area contributed by atoms with E-state index in [-0.39, 0.29) is 5.97 Å². The Hall–Kier alpha value is -0.610. The van der Waals surface area contributed by atoms with Gasteiger partial charge < -0.3 is 10.5 Å². The van der Waals surface area contributed by atoms with Crippen LogP contribution in [0.2, 0.25) is 0 Å². The van der Waals surface area contributed by atoms with E-state index in [1.807, 2.05) is 0 Å². The Morgan fingerprint density at radius 1 is 1.42 bits per heavy atom. The molecule has 4 unspecified atom stereocenters. The van der Waals surface area contributed by atoms with E-state index in [1.54, 1.807) is 0 Å². The van der Waals surface area contributed by atoms with E-state index in [2.05, 4.69) is 18.7 Å². The smallest absolute Gasteiger partial charge is 0.325 e. The van der Waals surface area contributed by atoms with Gasteiger partial charge in [0.2, 0.25) is 0 Å². The molecule has 1 aliphatic heterocycles. The van der Waals surface area contributed by atoms with Crippen molar-refractivity contribution in [2.45, 2.75) is 82.5 Å². The first kappa shape index (κ1) is 14.8. The van der Waals surface area contributed by atoms with Crippen LogP contribution in [-0.2, 0) is 9.53 Å². The molecule has 1 saturated carbocycles. The van der Waals surface area contributed by atoms with Gasteiger partial charge in [-0.2, -0.15) is 0 Å². The number of ether oxygens (including phenoxy) is 1. The van der Waals surface area contributed by atoms with Gasteiger partial charge in [-0.15, -0.1) is 0 Å². The Balaban J connectivity index is 2.10. The summed E-state index contributed by atoms with van der Waals surface area (Å²) in [6.07, 6.45) is 7.44. The topological polar surface area (TPSA) is 55.6 Å². The third kappa shape index (κ3) is 2.79. The first-order valence-corrected chi connectivity index (χ1v) is 7.66. The molecule has 1 heterocycles. The van der Waals surface area contributed by atoms with Crippen molar-refractivity contribution in [3.8, 4) is 0 Å². The van der Waals surface area contributed by atoms with Gasteiger partial charge in [0, 0.05) is 18.1 Å². The number of hydrogen-bond acceptors (Lipinski definition) is 4. The molecular formula is C15H28N2O2. The van der Waals surface area contributed by atoms with Crippen molar-refractivity contribution in [3.05, 3.63) is 0 Å². The van der Waals surface area contributed by atoms with Gasteiger partial charge in [-0.1, -0.05) is 6.92 Å². The molecule has 1 saturated heterocycles. The molecule has 110 valence electrons. The van der Waals surface area contributed by atoms with Crippen molar-refractivity contribution < 1.29 is 9.53 Å². The van der Waals surface area contributed by atoms with Crippen LogP contribution in [0.3, 0.4) is 0 Å². The van der Waals surface area contributed by atoms with E-state index in [1.165, 1.54) is 26.4 Å². The van der Waals surface area contributed by atoms with Crippen molar-refractivity contribution in [1.29, 1.82) is 0 Å². The summed E-state index contributed by atoms with van der Waals surface area (Å²) in [5.41, 5.74) is 5.54. The largest absolute Gasteiger partial charge is 0.468 e. The molecule has 2 N–H and O–H groups in total. The Bertz CT molecular complexity index is 334. The van der Waals surface area contributed by atoms with E-state index < -0.39 is 5.54 Å². The molecule has 0 aromatic rings. The van der Waals surface area contributed by atoms with Crippen LogP contribution in [0.4, 0.5) is 0 Å². The molecule has 0 radical (unpaired) electrons. The van der Waals surface area contributed by atoms with Gasteiger partial charge in [0.05, 0.1) is 7.11 Å². The van der Waals surface area contributed by atoms with E-state index in [0.717, 1.165) is 25.7 Å². The van der Waals surface area contributed by atoms with Gasteiger partial charge in [0.1, 0.15) is 5.54 Å². The molecule has 19 heavy (non-hydrogen) atoms. The lowest BCUT2D eigenvalue weighted by atomic mass is 9.78. The maximum atomic E-state index is 11.9. The second kappa shape index (κ2) is 5.80. The Kier molecular flexibility index (Phi) is 4.51. The van der Waals surface area contributed by atoms with Gasteiger partial charge in [0.15, 0.2) is 0 Å². The number of carbonyl (C=O) groups is 1. The summed E-state index contributed by atoms with van der Waals surface area (Å²) in [4.78, 5) is 14.5. The molecule has 0 spiro atoms. The highest BCUT2D eigenvalue weighted by atomic mass is 16.5. The second-order valence-corrected chi connectivity index (χ2v) is 6.33. The highest BCUT2D eigenvalue weighted by molar-refractivity contribution is 5.80. The van der Waals surface area contributed by atoms with Crippen LogP contribution in [0.5, 0.6) is 0 Å². The number of esters is 1. The minimum absolute atomic E-state index is 0.239. The fourth-order valence-corrected chi connectivity index (χ4v) is 4.09. The predicted octanol–water partition coefficient (Wildman–Crippen LogP) is 2.06. The molecule has 1 aliphatic carbocycles. The lowest BCUT2D eigenvalue weighted by Gasteiger charge is -2.43. The molecule has 4 heteroatoms. The van der Waals surface area contributed by atoms with Crippen LogP contribution in [0.25, 0.3) is 0 Å². The summed E-state index contributed by atoms with van der Waals surface area (Å²) in [5.74, 6) is -0.239. The van der Waals surface area contributed by atoms with Crippen LogP contribution in [0.15, 0.2) is 0 Å². The van der Waals surface area contributed by atoms with Crippen molar-refractivity contribution in [1.82, 2.24) is 4.90 Å². The number of nitrogens with two attached hydrogens (primary N) is 1. The maximum absolute atomic E-state index is 11.9. The van der Waals surface area contributed by atoms with Crippen LogP contribution in [-0.4, -0.2) is 41.6 Å². The van der Waals surface area contributed by atoms with Crippen LogP contribution < -0.4 is 5.73 Å². The Labute approximate surface area is 116 Å². The Morgan fingerprint density at radius 2 is 2.16 bits per heavy atom. The monoisotopic (exact) mass is 268 g/mol. The number of likely N-dealkylation sites (tertiary alicyclic amines) is 1. The lowest BCUT2D eigenvalue weighted by molar-refractivity contribution is -0.149. The Morgan fingerprint density at radius 3 is 2.79 bits per heavy atom. The van der Waals surface area contributed by atoms with E-state index in [0.29, 0.717) is 18.1 Å². The quantitative estimate of drug-likeness (QED) is 0.796. The molecule has 0 aromatic carbocycles. The number of nitrogens with zero attached hydrogens (tertiary/aromatic N) is 1. The zero-order valence-electron chi connectivity index (χ0n) is 12.5. The maximum Gasteiger partial charge on any atom is 0.325 e. The number of methoxy groups -OCH3 is 1. The number of hydrogen-bond donors (Lipinski definition) is 1. The van der Waals surface area contributed by atoms with Crippen LogP contribution in [0, 0.1) is 0 Å². The van der Waals surface area contributed by atoms with Gasteiger partial charge in [-0.05, 0) is 51.9 Å². The number of rotatable bonds is 3. The standard InChI is InChI=1S/C15H28N2O2/c1-4-12-8-7-11(2)17(12)13-6-5-9-15(16,10-13)14(18)19-3/h11-13H,4-10,16H2,1-3H3. The lowest BCUT2D eigenvalue weighted by Crippen LogP contribution is -2.57. The molecule has 2 aliphatic rings. The summed E-state index contributed by atoms with van der Waals surface area (Å²) in [6.45, 7) is 4.56. The minimum atomic E-state index is -0.766. The molecule has 2 fully saturated rings. The third-order valence-corrected chi connectivity index (χ3v) is 5.09. The molecule has 4 atom stereocenters. The summed E-state index contributed by atoms with van der Waals surface area (Å²) in [7, 11) is 1.44. The van der Waals surface area contributed by atoms with Crippen LogP contribution in [0.1, 0.15) is 58.8 Å². The third-order valence-electron chi connectivity index (χ3n) is 5.09. The molecular weight excluding hydrogens is 240 g/mol. The van der Waals surface area contributed by atoms with E-state index in [9.17, 15) is 4.79 Å². The highest BCUT2D eigenvalue weighted by Gasteiger charge is 2.45. The van der Waals surface area contributed by atoms with Crippen molar-refractivity contribution in [3.63, 3.8) is 0 Å². The first-order chi connectivity index (χ1) is 9.01. The zero-order chi connectivity index (χ0) is 14.0. The zero-order valence-corrected chi connectivity index (χ0v) is 12.5. The van der Waals surface area contributed by atoms with Crippen molar-refractivity contribution in [2.75, 3.05) is 7.11 Å². The fourth-order valence-electron chi connectivity index (χ4n) is 4.09. The average molecular weight is 268 g/mol. The molecule has 0 bridgehead atoms. The predicted molar refractivity (Wildman–Crippen MR) is 75.8 cm³/mol. The van der Waals surface area contributed by atoms with E-state index in [4.69, 9.17) is 10.5 Å². The van der Waals surface area contributed by atoms with Crippen molar-refractivity contribution >= 4 is 5.97 Å². The van der Waals surface area contributed by atoms with Gasteiger partial charge >= 0.3 is 5.97 Å². The van der Waals surface area contributed by atoms with E-state index >= 15 is 0 Å². The normalized spacial score (nSPS) is 40.3. The van der Waals surface area contributed by atoms with Gasteiger partial charge in [-0.25, -0.2) is 0 Å². The van der Waals surface area contributed by atoms with Crippen LogP contribution >= 0.6 is 0 Å². The fraction of sp³-hybridized carbons (Fsp3) is 0.933. The summed E-state index contributed by atoms with van der Waals surface area (Å²) >= 11 is 0. The minimum Gasteiger partial charge on any atom is -0.468 e. The van der Waals surface area contributed by atoms with Gasteiger partial charge in [0.25, 0.3) is 0 Å². The van der Waals surface area contributed by atoms with Crippen molar-refractivity contribution in [2.24, 2.45) is 5.73 Å². The first-order valence-electron chi connectivity index (χ1n) is 7.66.